The summed E-state index contributed by atoms with van der Waals surface area (Å²) in [6.07, 6.45) is 0. The van der Waals surface area contributed by atoms with E-state index in [1.165, 1.54) is 12.1 Å². The minimum atomic E-state index is -0.250. The van der Waals surface area contributed by atoms with Crippen LogP contribution in [0.1, 0.15) is 24.4 Å². The van der Waals surface area contributed by atoms with Crippen LogP contribution in [-0.2, 0) is 7.05 Å². The number of aromatic nitrogens is 3. The van der Waals surface area contributed by atoms with Gasteiger partial charge in [0.25, 0.3) is 0 Å². The Morgan fingerprint density at radius 2 is 1.89 bits per heavy atom. The molecule has 1 aromatic heterocycles. The number of nitrogens with two attached hydrogens (primary N) is 1. The third-order valence-corrected chi connectivity index (χ3v) is 4.34. The van der Waals surface area contributed by atoms with Gasteiger partial charge in [0.15, 0.2) is 5.16 Å². The van der Waals surface area contributed by atoms with E-state index >= 15 is 0 Å². The Kier molecular flexibility index (Phi) is 4.21. The van der Waals surface area contributed by atoms with Crippen LogP contribution in [0.4, 0.5) is 4.39 Å². The highest BCUT2D eigenvalue weighted by molar-refractivity contribution is 7.99. The molecule has 6 heteroatoms. The zero-order valence-electron chi connectivity index (χ0n) is 11.2. The molecule has 0 aliphatic rings. The summed E-state index contributed by atoms with van der Waals surface area (Å²) < 4.78 is 14.8. The number of aryl methyl sites for hydroxylation is 1. The van der Waals surface area contributed by atoms with Crippen molar-refractivity contribution in [3.63, 3.8) is 0 Å². The molecule has 1 heterocycles. The van der Waals surface area contributed by atoms with Crippen LogP contribution >= 0.6 is 11.8 Å². The molecule has 1 aromatic carbocycles. The maximum Gasteiger partial charge on any atom is 0.191 e. The molecule has 0 fully saturated rings. The Labute approximate surface area is 116 Å². The molecule has 4 nitrogen and oxygen atoms in total. The second-order valence-electron chi connectivity index (χ2n) is 4.49. The Morgan fingerprint density at radius 1 is 1.26 bits per heavy atom. The van der Waals surface area contributed by atoms with Crippen molar-refractivity contribution in [1.82, 2.24) is 14.8 Å². The molecule has 102 valence electrons. The molecule has 0 bridgehead atoms. The standard InChI is InChI=1S/C13H17FN4S/c1-8(19-13-17-16-9(2)18(13)3)12(15)10-4-6-11(14)7-5-10/h4-8,12H,15H2,1-3H3. The lowest BCUT2D eigenvalue weighted by Crippen LogP contribution is -2.21. The zero-order chi connectivity index (χ0) is 14.0. The second-order valence-corrected chi connectivity index (χ2v) is 5.83. The Bertz CT molecular complexity index is 552. The van der Waals surface area contributed by atoms with Crippen molar-refractivity contribution in [3.05, 3.63) is 41.5 Å². The van der Waals surface area contributed by atoms with E-state index in [-0.39, 0.29) is 17.1 Å². The van der Waals surface area contributed by atoms with Crippen molar-refractivity contribution in [3.8, 4) is 0 Å². The highest BCUT2D eigenvalue weighted by Crippen LogP contribution is 2.29. The third-order valence-electron chi connectivity index (χ3n) is 3.10. The minimum absolute atomic E-state index is 0.118. The van der Waals surface area contributed by atoms with Gasteiger partial charge in [-0.3, -0.25) is 0 Å². The van der Waals surface area contributed by atoms with Crippen LogP contribution in [0, 0.1) is 12.7 Å². The molecule has 0 saturated heterocycles. The predicted molar refractivity (Wildman–Crippen MR) is 74.4 cm³/mol. The lowest BCUT2D eigenvalue weighted by molar-refractivity contribution is 0.624. The van der Waals surface area contributed by atoms with E-state index in [9.17, 15) is 4.39 Å². The normalized spacial score (nSPS) is 14.4. The minimum Gasteiger partial charge on any atom is -0.323 e. The highest BCUT2D eigenvalue weighted by Gasteiger charge is 2.19. The van der Waals surface area contributed by atoms with E-state index in [1.807, 2.05) is 25.5 Å². The molecular weight excluding hydrogens is 263 g/mol. The van der Waals surface area contributed by atoms with Crippen molar-refractivity contribution in [1.29, 1.82) is 0 Å². The van der Waals surface area contributed by atoms with Crippen molar-refractivity contribution < 1.29 is 4.39 Å². The smallest absolute Gasteiger partial charge is 0.191 e. The van der Waals surface area contributed by atoms with E-state index in [0.29, 0.717) is 0 Å². The fraction of sp³-hybridized carbons (Fsp3) is 0.385. The Balaban J connectivity index is 2.09. The van der Waals surface area contributed by atoms with Crippen LogP contribution in [0.25, 0.3) is 0 Å². The number of halogens is 1. The van der Waals surface area contributed by atoms with E-state index in [1.54, 1.807) is 23.9 Å². The molecule has 2 atom stereocenters. The van der Waals surface area contributed by atoms with Crippen LogP contribution in [0.15, 0.2) is 29.4 Å². The molecule has 19 heavy (non-hydrogen) atoms. The molecule has 2 N–H and O–H groups in total. The monoisotopic (exact) mass is 280 g/mol. The molecule has 0 amide bonds. The lowest BCUT2D eigenvalue weighted by atomic mass is 10.1. The van der Waals surface area contributed by atoms with Gasteiger partial charge >= 0.3 is 0 Å². The Morgan fingerprint density at radius 3 is 2.42 bits per heavy atom. The van der Waals surface area contributed by atoms with Gasteiger partial charge in [-0.1, -0.05) is 30.8 Å². The topological polar surface area (TPSA) is 56.7 Å². The molecule has 0 aliphatic carbocycles. The summed E-state index contributed by atoms with van der Waals surface area (Å²) in [5.41, 5.74) is 7.11. The van der Waals surface area contributed by atoms with Crippen molar-refractivity contribution in [2.75, 3.05) is 0 Å². The molecule has 0 saturated carbocycles. The molecule has 2 aromatic rings. The van der Waals surface area contributed by atoms with Crippen molar-refractivity contribution in [2.45, 2.75) is 30.3 Å². The van der Waals surface area contributed by atoms with Gasteiger partial charge in [0.1, 0.15) is 11.6 Å². The number of hydrogen-bond acceptors (Lipinski definition) is 4. The summed E-state index contributed by atoms with van der Waals surface area (Å²) in [6, 6.07) is 6.12. The molecular formula is C13H17FN4S. The van der Waals surface area contributed by atoms with Crippen LogP contribution in [-0.4, -0.2) is 20.0 Å². The molecule has 2 rings (SSSR count). The molecule has 0 spiro atoms. The van der Waals surface area contributed by atoms with E-state index in [4.69, 9.17) is 5.73 Å². The van der Waals surface area contributed by atoms with Crippen molar-refractivity contribution in [2.24, 2.45) is 12.8 Å². The summed E-state index contributed by atoms with van der Waals surface area (Å²) in [6.45, 7) is 3.93. The van der Waals surface area contributed by atoms with E-state index in [0.717, 1.165) is 16.5 Å². The number of nitrogens with zero attached hydrogens (tertiary/aromatic N) is 3. The van der Waals surface area contributed by atoms with Gasteiger partial charge in [0, 0.05) is 18.3 Å². The number of benzene rings is 1. The van der Waals surface area contributed by atoms with Crippen molar-refractivity contribution >= 4 is 11.8 Å². The van der Waals surface area contributed by atoms with Gasteiger partial charge in [-0.2, -0.15) is 0 Å². The maximum atomic E-state index is 12.9. The number of hydrogen-bond donors (Lipinski definition) is 1. The summed E-state index contributed by atoms with van der Waals surface area (Å²) in [4.78, 5) is 0. The van der Waals surface area contributed by atoms with Crippen LogP contribution in [0.3, 0.4) is 0 Å². The largest absolute Gasteiger partial charge is 0.323 e. The average Bonchev–Trinajstić information content (AvgIpc) is 2.71. The van der Waals surface area contributed by atoms with Gasteiger partial charge in [-0.15, -0.1) is 10.2 Å². The van der Waals surface area contributed by atoms with Crippen LogP contribution < -0.4 is 5.73 Å². The number of thioether (sulfide) groups is 1. The fourth-order valence-corrected chi connectivity index (χ4v) is 2.70. The number of rotatable bonds is 4. The fourth-order valence-electron chi connectivity index (χ4n) is 1.69. The Hall–Kier alpha value is -1.40. The summed E-state index contributed by atoms with van der Waals surface area (Å²) in [5, 5.41) is 9.07. The molecule has 0 aliphatic heterocycles. The average molecular weight is 280 g/mol. The van der Waals surface area contributed by atoms with Crippen LogP contribution in [0.2, 0.25) is 0 Å². The van der Waals surface area contributed by atoms with Gasteiger partial charge in [-0.05, 0) is 24.6 Å². The van der Waals surface area contributed by atoms with Gasteiger partial charge in [0.2, 0.25) is 0 Å². The summed E-state index contributed by atoms with van der Waals surface area (Å²) in [7, 11) is 1.92. The lowest BCUT2D eigenvalue weighted by Gasteiger charge is -2.19. The first kappa shape index (κ1) is 14.0. The third kappa shape index (κ3) is 3.13. The molecule has 2 unspecified atom stereocenters. The van der Waals surface area contributed by atoms with E-state index in [2.05, 4.69) is 10.2 Å². The van der Waals surface area contributed by atoms with Gasteiger partial charge in [-0.25, -0.2) is 4.39 Å². The summed E-state index contributed by atoms with van der Waals surface area (Å²) in [5.74, 6) is 0.616. The first-order chi connectivity index (χ1) is 8.99. The van der Waals surface area contributed by atoms with Gasteiger partial charge < -0.3 is 10.3 Å². The second kappa shape index (κ2) is 5.71. The maximum absolute atomic E-state index is 12.9. The highest BCUT2D eigenvalue weighted by atomic mass is 32.2. The SMILES string of the molecule is Cc1nnc(SC(C)C(N)c2ccc(F)cc2)n1C. The van der Waals surface area contributed by atoms with Gasteiger partial charge in [0.05, 0.1) is 0 Å². The van der Waals surface area contributed by atoms with Crippen LogP contribution in [0.5, 0.6) is 0 Å². The quantitative estimate of drug-likeness (QED) is 0.874. The van der Waals surface area contributed by atoms with E-state index < -0.39 is 0 Å². The molecule has 0 radical (unpaired) electrons. The predicted octanol–water partition coefficient (Wildman–Crippen LogP) is 2.44. The zero-order valence-corrected chi connectivity index (χ0v) is 12.0. The first-order valence-electron chi connectivity index (χ1n) is 6.02. The summed E-state index contributed by atoms with van der Waals surface area (Å²) >= 11 is 1.57. The first-order valence-corrected chi connectivity index (χ1v) is 6.90.